The van der Waals surface area contributed by atoms with Crippen molar-refractivity contribution in [2.75, 3.05) is 19.5 Å². The van der Waals surface area contributed by atoms with E-state index in [-0.39, 0.29) is 12.2 Å². The Morgan fingerprint density at radius 2 is 1.88 bits per heavy atom. The zero-order valence-corrected chi connectivity index (χ0v) is 10.7. The minimum atomic E-state index is -3.67. The first-order chi connectivity index (χ1) is 7.83. The smallest absolute Gasteiger partial charge is 0.261 e. The standard InChI is InChI=1S/C9H14O3.CH4O3S/c1-8(2-5-10)12-9-3-6-11-7-4-9;1-5(2,3)4/h8-10H,3-4,6-7H2,1H3;1H3,(H,2,3,4). The van der Waals surface area contributed by atoms with Gasteiger partial charge in [0.15, 0.2) is 0 Å². The van der Waals surface area contributed by atoms with Crippen LogP contribution in [0.4, 0.5) is 0 Å². The van der Waals surface area contributed by atoms with Crippen LogP contribution in [0.1, 0.15) is 19.8 Å². The lowest BCUT2D eigenvalue weighted by molar-refractivity contribution is -0.0456. The minimum Gasteiger partial charge on any atom is -0.462 e. The fraction of sp³-hybridized carbons (Fsp3) is 0.800. The van der Waals surface area contributed by atoms with Crippen molar-refractivity contribution in [1.82, 2.24) is 0 Å². The second-order valence-corrected chi connectivity index (χ2v) is 5.05. The van der Waals surface area contributed by atoms with Gasteiger partial charge in [0.25, 0.3) is 10.1 Å². The topological polar surface area (TPSA) is 93.1 Å². The summed E-state index contributed by atoms with van der Waals surface area (Å²) in [6.07, 6.45) is 4.48. The first-order valence-electron chi connectivity index (χ1n) is 5.13. The van der Waals surface area contributed by atoms with Crippen LogP contribution in [-0.2, 0) is 19.6 Å². The van der Waals surface area contributed by atoms with Crippen LogP contribution < -0.4 is 0 Å². The van der Waals surface area contributed by atoms with Crippen LogP contribution in [0.5, 0.6) is 0 Å². The molecule has 0 aromatic heterocycles. The Morgan fingerprint density at radius 3 is 2.29 bits per heavy atom. The van der Waals surface area contributed by atoms with Gasteiger partial charge in [0, 0.05) is 13.2 Å². The maximum atomic E-state index is 9.19. The molecule has 1 aliphatic heterocycles. The van der Waals surface area contributed by atoms with Crippen LogP contribution in [0.2, 0.25) is 0 Å². The highest BCUT2D eigenvalue weighted by Gasteiger charge is 2.15. The summed E-state index contributed by atoms with van der Waals surface area (Å²) in [7, 11) is -3.67. The van der Waals surface area contributed by atoms with E-state index in [1.54, 1.807) is 0 Å². The maximum absolute atomic E-state index is 9.19. The summed E-state index contributed by atoms with van der Waals surface area (Å²) in [6, 6.07) is 0. The lowest BCUT2D eigenvalue weighted by Crippen LogP contribution is -2.26. The van der Waals surface area contributed by atoms with Gasteiger partial charge >= 0.3 is 0 Å². The molecule has 0 bridgehead atoms. The predicted octanol–water partition coefficient (Wildman–Crippen LogP) is 0.408. The molecule has 0 spiro atoms. The van der Waals surface area contributed by atoms with Crippen LogP contribution in [0.15, 0.2) is 0 Å². The summed E-state index contributed by atoms with van der Waals surface area (Å²) >= 11 is 0. The monoisotopic (exact) mass is 266 g/mol. The molecule has 0 saturated carbocycles. The molecule has 0 radical (unpaired) electrons. The van der Waals surface area contributed by atoms with Crippen molar-refractivity contribution < 1.29 is 27.6 Å². The summed E-state index contributed by atoms with van der Waals surface area (Å²) in [5.74, 6) is 2.54. The van der Waals surface area contributed by atoms with E-state index in [0.29, 0.717) is 6.26 Å². The molecule has 1 fully saturated rings. The van der Waals surface area contributed by atoms with Crippen LogP contribution >= 0.6 is 0 Å². The Kier molecular flexibility index (Phi) is 7.91. The van der Waals surface area contributed by atoms with Gasteiger partial charge in [-0.3, -0.25) is 4.55 Å². The van der Waals surface area contributed by atoms with Crippen molar-refractivity contribution in [3.63, 3.8) is 0 Å². The van der Waals surface area contributed by atoms with Gasteiger partial charge in [-0.2, -0.15) is 8.42 Å². The van der Waals surface area contributed by atoms with Gasteiger partial charge in [-0.1, -0.05) is 0 Å². The van der Waals surface area contributed by atoms with E-state index in [4.69, 9.17) is 19.1 Å². The van der Waals surface area contributed by atoms with Crippen molar-refractivity contribution in [2.45, 2.75) is 32.0 Å². The average molecular weight is 266 g/mol. The predicted molar refractivity (Wildman–Crippen MR) is 61.6 cm³/mol. The van der Waals surface area contributed by atoms with E-state index in [0.717, 1.165) is 26.1 Å². The van der Waals surface area contributed by atoms with Gasteiger partial charge in [0.1, 0.15) is 12.2 Å². The van der Waals surface area contributed by atoms with Crippen molar-refractivity contribution in [2.24, 2.45) is 0 Å². The maximum Gasteiger partial charge on any atom is 0.261 e. The van der Waals surface area contributed by atoms with E-state index >= 15 is 0 Å². The molecule has 2 N–H and O–H groups in total. The number of aliphatic hydroxyl groups is 1. The van der Waals surface area contributed by atoms with Gasteiger partial charge < -0.3 is 14.6 Å². The van der Waals surface area contributed by atoms with Crippen LogP contribution in [0.3, 0.4) is 0 Å². The largest absolute Gasteiger partial charge is 0.462 e. The van der Waals surface area contributed by atoms with Gasteiger partial charge in [-0.25, -0.2) is 0 Å². The molecule has 6 nitrogen and oxygen atoms in total. The van der Waals surface area contributed by atoms with E-state index in [1.807, 2.05) is 13.0 Å². The van der Waals surface area contributed by atoms with Crippen LogP contribution in [0, 0.1) is 12.0 Å². The molecule has 0 aromatic rings. The van der Waals surface area contributed by atoms with Crippen molar-refractivity contribution in [3.05, 3.63) is 0 Å². The molecular weight excluding hydrogens is 248 g/mol. The molecule has 1 atom stereocenters. The summed E-state index contributed by atoms with van der Waals surface area (Å²) in [5.41, 5.74) is 0. The number of hydrogen-bond acceptors (Lipinski definition) is 5. The molecule has 100 valence electrons. The van der Waals surface area contributed by atoms with E-state index < -0.39 is 10.1 Å². The number of hydrogen-bond donors (Lipinski definition) is 2. The Labute approximate surface area is 102 Å². The molecule has 7 heteroatoms. The Bertz CT molecular complexity index is 339. The number of rotatable bonds is 2. The highest BCUT2D eigenvalue weighted by Crippen LogP contribution is 2.12. The Hall–Kier alpha value is -0.810. The normalized spacial score (nSPS) is 18.3. The highest BCUT2D eigenvalue weighted by atomic mass is 32.2. The lowest BCUT2D eigenvalue weighted by Gasteiger charge is -2.23. The summed E-state index contributed by atoms with van der Waals surface area (Å²) in [4.78, 5) is 0. The molecule has 0 amide bonds. The SMILES string of the molecule is CC(C#CO)OC1CCOCC1.CS(=O)(=O)O. The fourth-order valence-electron chi connectivity index (χ4n) is 1.23. The molecule has 0 aliphatic carbocycles. The molecule has 1 unspecified atom stereocenters. The second-order valence-electron chi connectivity index (χ2n) is 3.58. The third-order valence-corrected chi connectivity index (χ3v) is 1.83. The van der Waals surface area contributed by atoms with Crippen molar-refractivity contribution in [1.29, 1.82) is 0 Å². The van der Waals surface area contributed by atoms with E-state index in [9.17, 15) is 8.42 Å². The number of aliphatic hydroxyl groups excluding tert-OH is 1. The van der Waals surface area contributed by atoms with E-state index in [1.165, 1.54) is 0 Å². The summed E-state index contributed by atoms with van der Waals surface area (Å²) in [5, 5.41) is 8.30. The summed E-state index contributed by atoms with van der Waals surface area (Å²) in [6.45, 7) is 3.37. The van der Waals surface area contributed by atoms with Crippen LogP contribution in [0.25, 0.3) is 0 Å². The zero-order chi connectivity index (χ0) is 13.3. The average Bonchev–Trinajstić information content (AvgIpc) is 2.16. The molecular formula is C10H18O6S. The van der Waals surface area contributed by atoms with Gasteiger partial charge in [0.2, 0.25) is 0 Å². The summed E-state index contributed by atoms with van der Waals surface area (Å²) < 4.78 is 36.6. The Morgan fingerprint density at radius 1 is 1.41 bits per heavy atom. The zero-order valence-electron chi connectivity index (χ0n) is 9.92. The fourth-order valence-corrected chi connectivity index (χ4v) is 1.23. The Balaban J connectivity index is 0.000000437. The van der Waals surface area contributed by atoms with Crippen LogP contribution in [-0.4, -0.2) is 49.8 Å². The third kappa shape index (κ3) is 13.1. The number of ether oxygens (including phenoxy) is 2. The first kappa shape index (κ1) is 16.2. The second kappa shape index (κ2) is 8.31. The first-order valence-corrected chi connectivity index (χ1v) is 6.98. The quantitative estimate of drug-likeness (QED) is 0.555. The lowest BCUT2D eigenvalue weighted by atomic mass is 10.1. The molecule has 1 saturated heterocycles. The van der Waals surface area contributed by atoms with Crippen molar-refractivity contribution >= 4 is 10.1 Å². The highest BCUT2D eigenvalue weighted by molar-refractivity contribution is 7.85. The molecule has 1 rings (SSSR count). The van der Waals surface area contributed by atoms with E-state index in [2.05, 4.69) is 5.92 Å². The van der Waals surface area contributed by atoms with Gasteiger partial charge in [-0.05, 0) is 25.7 Å². The van der Waals surface area contributed by atoms with Gasteiger partial charge in [0.05, 0.1) is 12.4 Å². The molecule has 17 heavy (non-hydrogen) atoms. The van der Waals surface area contributed by atoms with Gasteiger partial charge in [-0.15, -0.1) is 0 Å². The third-order valence-electron chi connectivity index (χ3n) is 1.83. The molecule has 0 aromatic carbocycles. The minimum absolute atomic E-state index is 0.182. The molecule has 1 heterocycles. The molecule has 1 aliphatic rings. The van der Waals surface area contributed by atoms with Crippen molar-refractivity contribution in [3.8, 4) is 12.0 Å².